The zero-order chi connectivity index (χ0) is 19.6. The van der Waals surface area contributed by atoms with Crippen LogP contribution in [0.2, 0.25) is 0 Å². The van der Waals surface area contributed by atoms with Crippen LogP contribution in [0, 0.1) is 0 Å². The minimum Gasteiger partial charge on any atom is -0.369 e. The van der Waals surface area contributed by atoms with Crippen LogP contribution in [0.15, 0.2) is 71.6 Å². The molecule has 4 rings (SSSR count). The van der Waals surface area contributed by atoms with Crippen molar-refractivity contribution in [3.8, 4) is 0 Å². The third-order valence-electron chi connectivity index (χ3n) is 5.34. The first kappa shape index (κ1) is 18.8. The van der Waals surface area contributed by atoms with Crippen molar-refractivity contribution in [2.45, 2.75) is 11.8 Å². The second-order valence-corrected chi connectivity index (χ2v) is 8.77. The van der Waals surface area contributed by atoms with Crippen molar-refractivity contribution in [2.75, 3.05) is 42.3 Å². The molecule has 1 N–H and O–H groups in total. The Balaban J connectivity index is 1.48. The van der Waals surface area contributed by atoms with Crippen LogP contribution in [-0.2, 0) is 10.0 Å². The van der Waals surface area contributed by atoms with Crippen LogP contribution >= 0.6 is 0 Å². The lowest BCUT2D eigenvalue weighted by atomic mass is 10.1. The Hall–Kier alpha value is -2.57. The molecule has 0 saturated carbocycles. The van der Waals surface area contributed by atoms with Crippen LogP contribution in [0.4, 0.5) is 11.4 Å². The molecule has 0 atom stereocenters. The van der Waals surface area contributed by atoms with Crippen molar-refractivity contribution in [1.29, 1.82) is 0 Å². The molecule has 1 saturated heterocycles. The lowest BCUT2D eigenvalue weighted by Gasteiger charge is -2.35. The number of benzene rings is 3. The normalized spacial score (nSPS) is 15.7. The second kappa shape index (κ2) is 7.81. The number of likely N-dealkylation sites (N-methyl/N-ethyl adjacent to an activating group) is 1. The molecule has 0 aliphatic carbocycles. The Bertz CT molecular complexity index is 1060. The fourth-order valence-electron chi connectivity index (χ4n) is 3.61. The molecule has 6 heteroatoms. The van der Waals surface area contributed by atoms with Crippen LogP contribution in [0.5, 0.6) is 0 Å². The van der Waals surface area contributed by atoms with E-state index in [0.717, 1.165) is 49.2 Å². The van der Waals surface area contributed by atoms with Gasteiger partial charge in [0.25, 0.3) is 10.0 Å². The molecule has 146 valence electrons. The minimum atomic E-state index is -3.62. The van der Waals surface area contributed by atoms with E-state index in [1.807, 2.05) is 54.6 Å². The van der Waals surface area contributed by atoms with Crippen LogP contribution < -0.4 is 9.62 Å². The molecule has 1 heterocycles. The molecule has 0 unspecified atom stereocenters. The summed E-state index contributed by atoms with van der Waals surface area (Å²) in [6.45, 7) is 7.39. The molecule has 0 radical (unpaired) electrons. The van der Waals surface area contributed by atoms with Crippen molar-refractivity contribution in [3.63, 3.8) is 0 Å². The Morgan fingerprint density at radius 1 is 0.857 bits per heavy atom. The number of piperazine rings is 1. The van der Waals surface area contributed by atoms with E-state index in [2.05, 4.69) is 21.4 Å². The molecule has 1 fully saturated rings. The number of fused-ring (bicyclic) bond motifs is 1. The number of hydrogen-bond acceptors (Lipinski definition) is 4. The monoisotopic (exact) mass is 395 g/mol. The Morgan fingerprint density at radius 3 is 2.21 bits per heavy atom. The first-order valence-corrected chi connectivity index (χ1v) is 11.1. The second-order valence-electron chi connectivity index (χ2n) is 7.08. The predicted octanol–water partition coefficient (Wildman–Crippen LogP) is 3.78. The van der Waals surface area contributed by atoms with Gasteiger partial charge in [-0.3, -0.25) is 4.72 Å². The molecule has 0 spiro atoms. The topological polar surface area (TPSA) is 52.6 Å². The van der Waals surface area contributed by atoms with Crippen molar-refractivity contribution < 1.29 is 8.42 Å². The number of sulfonamides is 1. The molecule has 0 aromatic heterocycles. The summed E-state index contributed by atoms with van der Waals surface area (Å²) in [5, 5.41) is 1.93. The summed E-state index contributed by atoms with van der Waals surface area (Å²) in [5.41, 5.74) is 1.70. The van der Waals surface area contributed by atoms with Gasteiger partial charge in [0, 0.05) is 37.6 Å². The van der Waals surface area contributed by atoms with E-state index in [1.54, 1.807) is 12.1 Å². The average molecular weight is 396 g/mol. The van der Waals surface area contributed by atoms with E-state index in [4.69, 9.17) is 0 Å². The molecule has 0 bridgehead atoms. The Kier molecular flexibility index (Phi) is 5.24. The van der Waals surface area contributed by atoms with E-state index in [-0.39, 0.29) is 4.90 Å². The van der Waals surface area contributed by atoms with Gasteiger partial charge in [0.15, 0.2) is 0 Å². The van der Waals surface area contributed by atoms with Crippen molar-refractivity contribution in [1.82, 2.24) is 4.90 Å². The SMILES string of the molecule is CCN1CCN(c2ccc(NS(=O)(=O)c3ccc4ccccc4c3)cc2)CC1. The zero-order valence-electron chi connectivity index (χ0n) is 16.0. The van der Waals surface area contributed by atoms with E-state index in [0.29, 0.717) is 5.69 Å². The quantitative estimate of drug-likeness (QED) is 0.714. The lowest BCUT2D eigenvalue weighted by Crippen LogP contribution is -2.46. The Morgan fingerprint density at radius 2 is 1.54 bits per heavy atom. The van der Waals surface area contributed by atoms with Gasteiger partial charge >= 0.3 is 0 Å². The third-order valence-corrected chi connectivity index (χ3v) is 6.71. The number of nitrogens with zero attached hydrogens (tertiary/aromatic N) is 2. The summed E-state index contributed by atoms with van der Waals surface area (Å²) < 4.78 is 28.2. The first-order chi connectivity index (χ1) is 13.5. The fourth-order valence-corrected chi connectivity index (χ4v) is 4.70. The van der Waals surface area contributed by atoms with Gasteiger partial charge in [-0.1, -0.05) is 37.3 Å². The summed E-state index contributed by atoms with van der Waals surface area (Å²) in [5.74, 6) is 0. The van der Waals surface area contributed by atoms with E-state index in [9.17, 15) is 8.42 Å². The minimum absolute atomic E-state index is 0.269. The molecular formula is C22H25N3O2S. The van der Waals surface area contributed by atoms with E-state index in [1.165, 1.54) is 0 Å². The maximum atomic E-state index is 12.8. The molecule has 3 aromatic rings. The highest BCUT2D eigenvalue weighted by atomic mass is 32.2. The maximum Gasteiger partial charge on any atom is 0.261 e. The summed E-state index contributed by atoms with van der Waals surface area (Å²) in [6.07, 6.45) is 0. The van der Waals surface area contributed by atoms with Gasteiger partial charge in [-0.25, -0.2) is 8.42 Å². The number of rotatable bonds is 5. The highest BCUT2D eigenvalue weighted by Crippen LogP contribution is 2.24. The fraction of sp³-hybridized carbons (Fsp3) is 0.273. The molecule has 3 aromatic carbocycles. The highest BCUT2D eigenvalue weighted by molar-refractivity contribution is 7.92. The predicted molar refractivity (Wildman–Crippen MR) is 116 cm³/mol. The standard InChI is InChI=1S/C22H25N3O2S/c1-2-24-13-15-25(16-14-24)21-10-8-20(9-11-21)23-28(26,27)22-12-7-18-5-3-4-6-19(18)17-22/h3-12,17,23H,2,13-16H2,1H3. The third kappa shape index (κ3) is 3.98. The van der Waals surface area contributed by atoms with Crippen molar-refractivity contribution in [3.05, 3.63) is 66.7 Å². The van der Waals surface area contributed by atoms with Gasteiger partial charge in [-0.05, 0) is 53.7 Å². The average Bonchev–Trinajstić information content (AvgIpc) is 2.74. The summed E-state index contributed by atoms with van der Waals surface area (Å²) in [7, 11) is -3.62. The van der Waals surface area contributed by atoms with Crippen LogP contribution in [-0.4, -0.2) is 46.0 Å². The summed E-state index contributed by atoms with van der Waals surface area (Å²) in [6, 6.07) is 20.6. The number of hydrogen-bond donors (Lipinski definition) is 1. The highest BCUT2D eigenvalue weighted by Gasteiger charge is 2.17. The van der Waals surface area contributed by atoms with Crippen LogP contribution in [0.3, 0.4) is 0 Å². The zero-order valence-corrected chi connectivity index (χ0v) is 16.8. The lowest BCUT2D eigenvalue weighted by molar-refractivity contribution is 0.271. The molecule has 0 amide bonds. The van der Waals surface area contributed by atoms with Crippen molar-refractivity contribution >= 4 is 32.2 Å². The van der Waals surface area contributed by atoms with Gasteiger partial charge in [-0.2, -0.15) is 0 Å². The van der Waals surface area contributed by atoms with Gasteiger partial charge in [0.2, 0.25) is 0 Å². The molecule has 1 aliphatic rings. The molecular weight excluding hydrogens is 370 g/mol. The number of nitrogens with one attached hydrogen (secondary N) is 1. The summed E-state index contributed by atoms with van der Waals surface area (Å²) >= 11 is 0. The van der Waals surface area contributed by atoms with E-state index >= 15 is 0 Å². The molecule has 1 aliphatic heterocycles. The molecule has 5 nitrogen and oxygen atoms in total. The van der Waals surface area contributed by atoms with Crippen LogP contribution in [0.25, 0.3) is 10.8 Å². The molecule has 28 heavy (non-hydrogen) atoms. The van der Waals surface area contributed by atoms with Crippen molar-refractivity contribution in [2.24, 2.45) is 0 Å². The first-order valence-electron chi connectivity index (χ1n) is 9.64. The van der Waals surface area contributed by atoms with Gasteiger partial charge in [-0.15, -0.1) is 0 Å². The number of anilines is 2. The van der Waals surface area contributed by atoms with Gasteiger partial charge in [0.05, 0.1) is 4.90 Å². The largest absolute Gasteiger partial charge is 0.369 e. The maximum absolute atomic E-state index is 12.8. The smallest absolute Gasteiger partial charge is 0.261 e. The van der Waals surface area contributed by atoms with Crippen LogP contribution in [0.1, 0.15) is 6.92 Å². The Labute approximate surface area is 166 Å². The van der Waals surface area contributed by atoms with Gasteiger partial charge in [0.1, 0.15) is 0 Å². The summed E-state index contributed by atoms with van der Waals surface area (Å²) in [4.78, 5) is 5.04. The van der Waals surface area contributed by atoms with E-state index < -0.39 is 10.0 Å². The van der Waals surface area contributed by atoms with Gasteiger partial charge < -0.3 is 9.80 Å².